The molecule has 0 aromatic rings. The Morgan fingerprint density at radius 3 is 3.00 bits per heavy atom. The molecule has 3 N–H and O–H groups in total. The molecule has 1 aliphatic heterocycles. The van der Waals surface area contributed by atoms with Crippen LogP contribution in [-0.4, -0.2) is 18.5 Å². The summed E-state index contributed by atoms with van der Waals surface area (Å²) in [6.45, 7) is 0.672. The van der Waals surface area contributed by atoms with E-state index in [2.05, 4.69) is 5.32 Å². The van der Waals surface area contributed by atoms with Gasteiger partial charge in [-0.2, -0.15) is 0 Å². The van der Waals surface area contributed by atoms with E-state index >= 15 is 0 Å². The third kappa shape index (κ3) is 3.22. The van der Waals surface area contributed by atoms with Crippen LogP contribution in [0.2, 0.25) is 0 Å². The highest BCUT2D eigenvalue weighted by Gasteiger charge is 2.13. The van der Waals surface area contributed by atoms with Crippen LogP contribution in [0.4, 0.5) is 0 Å². The zero-order chi connectivity index (χ0) is 8.81. The molecule has 1 aliphatic rings. The summed E-state index contributed by atoms with van der Waals surface area (Å²) in [4.78, 5) is 11.2. The van der Waals surface area contributed by atoms with Crippen LogP contribution in [0.15, 0.2) is 0 Å². The minimum absolute atomic E-state index is 0.202. The first-order valence-corrected chi connectivity index (χ1v) is 4.82. The molecule has 0 saturated carbocycles. The molecule has 0 radical (unpaired) electrons. The van der Waals surface area contributed by atoms with Crippen LogP contribution in [0.25, 0.3) is 0 Å². The Balaban J connectivity index is 2.33. The molecule has 3 nitrogen and oxygen atoms in total. The van der Waals surface area contributed by atoms with Crippen molar-refractivity contribution in [2.75, 3.05) is 6.54 Å². The standard InChI is InChI=1S/C9H18N2O/c10-7-6-8-4-2-1-3-5-9(12)11-8/h8H,1-7,10H2,(H,11,12)/t8-/m0/s1. The minimum atomic E-state index is 0.202. The van der Waals surface area contributed by atoms with Crippen molar-refractivity contribution >= 4 is 5.91 Å². The molecule has 0 aromatic heterocycles. The summed E-state index contributed by atoms with van der Waals surface area (Å²) < 4.78 is 0. The number of amides is 1. The van der Waals surface area contributed by atoms with E-state index in [4.69, 9.17) is 5.73 Å². The smallest absolute Gasteiger partial charge is 0.220 e. The molecule has 0 unspecified atom stereocenters. The Kier molecular flexibility index (Phi) is 4.08. The maximum Gasteiger partial charge on any atom is 0.220 e. The SMILES string of the molecule is NCC[C@@H]1CCCCCC(=O)N1. The van der Waals surface area contributed by atoms with Gasteiger partial charge in [-0.25, -0.2) is 0 Å². The third-order valence-electron chi connectivity index (χ3n) is 2.34. The van der Waals surface area contributed by atoms with Gasteiger partial charge in [0.25, 0.3) is 0 Å². The van der Waals surface area contributed by atoms with Gasteiger partial charge in [0.15, 0.2) is 0 Å². The lowest BCUT2D eigenvalue weighted by atomic mass is 10.0. The van der Waals surface area contributed by atoms with E-state index in [-0.39, 0.29) is 5.91 Å². The highest BCUT2D eigenvalue weighted by atomic mass is 16.1. The van der Waals surface area contributed by atoms with Gasteiger partial charge >= 0.3 is 0 Å². The molecule has 1 saturated heterocycles. The summed E-state index contributed by atoms with van der Waals surface area (Å²) in [5, 5.41) is 3.00. The highest BCUT2D eigenvalue weighted by Crippen LogP contribution is 2.11. The largest absolute Gasteiger partial charge is 0.353 e. The summed E-state index contributed by atoms with van der Waals surface area (Å²) in [6.07, 6.45) is 6.18. The van der Waals surface area contributed by atoms with Gasteiger partial charge in [0, 0.05) is 12.5 Å². The van der Waals surface area contributed by atoms with E-state index in [1.807, 2.05) is 0 Å². The number of carbonyl (C=O) groups excluding carboxylic acids is 1. The Morgan fingerprint density at radius 1 is 1.42 bits per heavy atom. The predicted molar refractivity (Wildman–Crippen MR) is 48.7 cm³/mol. The quantitative estimate of drug-likeness (QED) is 0.643. The monoisotopic (exact) mass is 170 g/mol. The highest BCUT2D eigenvalue weighted by molar-refractivity contribution is 5.76. The van der Waals surface area contributed by atoms with Gasteiger partial charge < -0.3 is 11.1 Å². The predicted octanol–water partition coefficient (Wildman–Crippen LogP) is 0.784. The first-order chi connectivity index (χ1) is 5.83. The summed E-state index contributed by atoms with van der Waals surface area (Å²) >= 11 is 0. The molecule has 70 valence electrons. The second-order valence-electron chi connectivity index (χ2n) is 3.44. The van der Waals surface area contributed by atoms with Crippen LogP contribution < -0.4 is 11.1 Å². The molecule has 1 heterocycles. The van der Waals surface area contributed by atoms with Crippen LogP contribution in [0.5, 0.6) is 0 Å². The average Bonchev–Trinajstić information content (AvgIpc) is 2.00. The van der Waals surface area contributed by atoms with Gasteiger partial charge in [-0.1, -0.05) is 12.8 Å². The number of hydrogen-bond donors (Lipinski definition) is 2. The molecule has 1 fully saturated rings. The number of rotatable bonds is 2. The Labute approximate surface area is 73.7 Å². The van der Waals surface area contributed by atoms with Gasteiger partial charge in [0.1, 0.15) is 0 Å². The normalized spacial score (nSPS) is 25.8. The van der Waals surface area contributed by atoms with Crippen LogP contribution in [0, 0.1) is 0 Å². The van der Waals surface area contributed by atoms with Crippen LogP contribution >= 0.6 is 0 Å². The van der Waals surface area contributed by atoms with Crippen molar-refractivity contribution in [3.05, 3.63) is 0 Å². The molecule has 0 aromatic carbocycles. The zero-order valence-electron chi connectivity index (χ0n) is 7.51. The number of nitrogens with two attached hydrogens (primary N) is 1. The van der Waals surface area contributed by atoms with E-state index < -0.39 is 0 Å². The Hall–Kier alpha value is -0.570. The summed E-state index contributed by atoms with van der Waals surface area (Å²) in [5.74, 6) is 0.202. The lowest BCUT2D eigenvalue weighted by molar-refractivity contribution is -0.122. The van der Waals surface area contributed by atoms with Crippen molar-refractivity contribution in [2.45, 2.75) is 44.6 Å². The van der Waals surface area contributed by atoms with Gasteiger partial charge in [-0.15, -0.1) is 0 Å². The lowest BCUT2D eigenvalue weighted by Crippen LogP contribution is -2.37. The average molecular weight is 170 g/mol. The molecule has 1 amide bonds. The topological polar surface area (TPSA) is 55.1 Å². The third-order valence-corrected chi connectivity index (χ3v) is 2.34. The van der Waals surface area contributed by atoms with E-state index in [1.54, 1.807) is 0 Å². The fraction of sp³-hybridized carbons (Fsp3) is 0.889. The molecule has 3 heteroatoms. The summed E-state index contributed by atoms with van der Waals surface area (Å²) in [5.41, 5.74) is 5.44. The molecule has 0 bridgehead atoms. The first kappa shape index (κ1) is 9.52. The van der Waals surface area contributed by atoms with E-state index in [0.29, 0.717) is 19.0 Å². The van der Waals surface area contributed by atoms with Gasteiger partial charge in [-0.05, 0) is 25.8 Å². The maximum atomic E-state index is 11.2. The molecule has 1 atom stereocenters. The summed E-state index contributed by atoms with van der Waals surface area (Å²) in [6, 6.07) is 0.336. The van der Waals surface area contributed by atoms with E-state index in [0.717, 1.165) is 19.3 Å². The molecular formula is C9H18N2O. The number of hydrogen-bond acceptors (Lipinski definition) is 2. The van der Waals surface area contributed by atoms with Gasteiger partial charge in [0.2, 0.25) is 5.91 Å². The van der Waals surface area contributed by atoms with Crippen molar-refractivity contribution in [2.24, 2.45) is 5.73 Å². The van der Waals surface area contributed by atoms with Crippen molar-refractivity contribution in [3.8, 4) is 0 Å². The molecule has 12 heavy (non-hydrogen) atoms. The van der Waals surface area contributed by atoms with Gasteiger partial charge in [-0.3, -0.25) is 4.79 Å². The fourth-order valence-corrected chi connectivity index (χ4v) is 1.64. The molecule has 0 spiro atoms. The van der Waals surface area contributed by atoms with Crippen molar-refractivity contribution in [1.29, 1.82) is 0 Å². The second-order valence-corrected chi connectivity index (χ2v) is 3.44. The Bertz CT molecular complexity index is 147. The van der Waals surface area contributed by atoms with Crippen molar-refractivity contribution < 1.29 is 4.79 Å². The number of nitrogens with one attached hydrogen (secondary N) is 1. The Morgan fingerprint density at radius 2 is 2.25 bits per heavy atom. The molecule has 0 aliphatic carbocycles. The van der Waals surface area contributed by atoms with E-state index in [1.165, 1.54) is 12.8 Å². The maximum absolute atomic E-state index is 11.2. The van der Waals surface area contributed by atoms with Crippen LogP contribution in [-0.2, 0) is 4.79 Å². The first-order valence-electron chi connectivity index (χ1n) is 4.82. The number of carbonyl (C=O) groups is 1. The fourth-order valence-electron chi connectivity index (χ4n) is 1.64. The van der Waals surface area contributed by atoms with Crippen LogP contribution in [0.1, 0.15) is 38.5 Å². The summed E-state index contributed by atoms with van der Waals surface area (Å²) in [7, 11) is 0. The second kappa shape index (κ2) is 5.14. The van der Waals surface area contributed by atoms with Crippen molar-refractivity contribution in [3.63, 3.8) is 0 Å². The minimum Gasteiger partial charge on any atom is -0.353 e. The van der Waals surface area contributed by atoms with Crippen LogP contribution in [0.3, 0.4) is 0 Å². The molecule has 1 rings (SSSR count). The van der Waals surface area contributed by atoms with E-state index in [9.17, 15) is 4.79 Å². The van der Waals surface area contributed by atoms with Gasteiger partial charge in [0.05, 0.1) is 0 Å². The zero-order valence-corrected chi connectivity index (χ0v) is 7.51. The van der Waals surface area contributed by atoms with Crippen molar-refractivity contribution in [1.82, 2.24) is 5.32 Å². The lowest BCUT2D eigenvalue weighted by Gasteiger charge is -2.20. The molecular weight excluding hydrogens is 152 g/mol.